The molecule has 2 amide bonds. The molecule has 3 aromatic rings. The number of rotatable bonds is 6. The Labute approximate surface area is 174 Å². The Morgan fingerprint density at radius 1 is 1.07 bits per heavy atom. The van der Waals surface area contributed by atoms with E-state index in [4.69, 9.17) is 23.2 Å². The van der Waals surface area contributed by atoms with E-state index in [-0.39, 0.29) is 12.1 Å². The van der Waals surface area contributed by atoms with Crippen molar-refractivity contribution < 1.29 is 4.79 Å². The van der Waals surface area contributed by atoms with E-state index in [0.717, 1.165) is 25.1 Å². The molecule has 144 valence electrons. The number of hydrogen-bond acceptors (Lipinski definition) is 1. The van der Waals surface area contributed by atoms with Gasteiger partial charge in [0, 0.05) is 29.5 Å². The highest BCUT2D eigenvalue weighted by atomic mass is 35.5. The van der Waals surface area contributed by atoms with Crippen LogP contribution >= 0.6 is 23.2 Å². The lowest BCUT2D eigenvalue weighted by Gasteiger charge is -2.24. The number of hydrogen-bond donors (Lipinski definition) is 1. The molecule has 0 bridgehead atoms. The van der Waals surface area contributed by atoms with Crippen molar-refractivity contribution in [1.82, 2.24) is 9.47 Å². The molecule has 4 nitrogen and oxygen atoms in total. The first-order chi connectivity index (χ1) is 13.6. The summed E-state index contributed by atoms with van der Waals surface area (Å²) in [5.41, 5.74) is 2.91. The van der Waals surface area contributed by atoms with Gasteiger partial charge in [-0.05, 0) is 48.7 Å². The lowest BCUT2D eigenvalue weighted by Crippen LogP contribution is -2.37. The van der Waals surface area contributed by atoms with Gasteiger partial charge in [0.25, 0.3) is 0 Å². The van der Waals surface area contributed by atoms with E-state index < -0.39 is 0 Å². The van der Waals surface area contributed by atoms with Crippen molar-refractivity contribution in [2.75, 3.05) is 5.32 Å². The molecule has 0 spiro atoms. The summed E-state index contributed by atoms with van der Waals surface area (Å²) in [6.07, 6.45) is 4.11. The highest BCUT2D eigenvalue weighted by molar-refractivity contribution is 6.36. The molecule has 0 radical (unpaired) electrons. The zero-order valence-electron chi connectivity index (χ0n) is 15.3. The number of anilines is 1. The monoisotopic (exact) mass is 413 g/mol. The number of nitrogens with one attached hydrogen (secondary N) is 1. The Bertz CT molecular complexity index is 967. The number of carbonyl (C=O) groups is 1. The molecule has 0 saturated heterocycles. The van der Waals surface area contributed by atoms with Gasteiger partial charge in [-0.25, -0.2) is 4.79 Å². The molecule has 1 fully saturated rings. The van der Waals surface area contributed by atoms with Crippen LogP contribution in [0.4, 0.5) is 10.5 Å². The lowest BCUT2D eigenvalue weighted by atomic mass is 10.2. The highest BCUT2D eigenvalue weighted by Crippen LogP contribution is 2.31. The van der Waals surface area contributed by atoms with Gasteiger partial charge >= 0.3 is 6.03 Å². The van der Waals surface area contributed by atoms with E-state index >= 15 is 0 Å². The van der Waals surface area contributed by atoms with Crippen molar-refractivity contribution in [3.05, 3.63) is 88.2 Å². The van der Waals surface area contributed by atoms with Crippen molar-refractivity contribution >= 4 is 34.9 Å². The van der Waals surface area contributed by atoms with Crippen molar-refractivity contribution in [2.45, 2.75) is 32.0 Å². The van der Waals surface area contributed by atoms with Crippen LogP contribution < -0.4 is 5.32 Å². The van der Waals surface area contributed by atoms with Gasteiger partial charge in [0.15, 0.2) is 0 Å². The molecule has 1 N–H and O–H groups in total. The van der Waals surface area contributed by atoms with Crippen LogP contribution in [-0.2, 0) is 13.1 Å². The molecule has 1 heterocycles. The van der Waals surface area contributed by atoms with E-state index in [1.54, 1.807) is 18.2 Å². The van der Waals surface area contributed by atoms with Gasteiger partial charge in [0.2, 0.25) is 0 Å². The van der Waals surface area contributed by atoms with Gasteiger partial charge in [-0.1, -0.05) is 53.5 Å². The predicted octanol–water partition coefficient (Wildman–Crippen LogP) is 6.04. The first-order valence-electron chi connectivity index (χ1n) is 9.31. The second-order valence-corrected chi connectivity index (χ2v) is 7.87. The average Bonchev–Trinajstić information content (AvgIpc) is 3.43. The molecule has 6 heteroatoms. The summed E-state index contributed by atoms with van der Waals surface area (Å²) >= 11 is 12.2. The first kappa shape index (κ1) is 18.9. The van der Waals surface area contributed by atoms with E-state index in [9.17, 15) is 4.79 Å². The second kappa shape index (κ2) is 8.29. The summed E-state index contributed by atoms with van der Waals surface area (Å²) < 4.78 is 2.19. The van der Waals surface area contributed by atoms with Crippen LogP contribution in [0.2, 0.25) is 10.0 Å². The Kier molecular flexibility index (Phi) is 5.60. The molecule has 1 aliphatic rings. The molecule has 1 aliphatic carbocycles. The third-order valence-electron chi connectivity index (χ3n) is 4.87. The maximum Gasteiger partial charge on any atom is 0.322 e. The maximum atomic E-state index is 12.9. The quantitative estimate of drug-likeness (QED) is 0.525. The number of carbonyl (C=O) groups excluding carboxylic acids is 1. The van der Waals surface area contributed by atoms with Crippen LogP contribution in [0.3, 0.4) is 0 Å². The number of benzene rings is 2. The smallest absolute Gasteiger partial charge is 0.322 e. The van der Waals surface area contributed by atoms with Gasteiger partial charge in [0.1, 0.15) is 0 Å². The average molecular weight is 414 g/mol. The van der Waals surface area contributed by atoms with E-state index in [1.807, 2.05) is 29.2 Å². The molecule has 1 saturated carbocycles. The maximum absolute atomic E-state index is 12.9. The fourth-order valence-electron chi connectivity index (χ4n) is 3.23. The standard InChI is InChI=1S/C22H21Cl2N3O/c23-17-8-11-21(20(24)13-17)25-22(28)27(18-9-10-18)15-19-7-4-12-26(19)14-16-5-2-1-3-6-16/h1-8,11-13,18H,9-10,14-15H2,(H,25,28). The summed E-state index contributed by atoms with van der Waals surface area (Å²) in [7, 11) is 0. The fourth-order valence-corrected chi connectivity index (χ4v) is 3.69. The third-order valence-corrected chi connectivity index (χ3v) is 5.42. The second-order valence-electron chi connectivity index (χ2n) is 7.03. The van der Waals surface area contributed by atoms with Crippen molar-refractivity contribution in [3.8, 4) is 0 Å². The summed E-state index contributed by atoms with van der Waals surface area (Å²) in [4.78, 5) is 14.8. The van der Waals surface area contributed by atoms with Crippen LogP contribution in [0.1, 0.15) is 24.1 Å². The molecule has 0 unspecified atom stereocenters. The first-order valence-corrected chi connectivity index (χ1v) is 10.1. The van der Waals surface area contributed by atoms with Crippen LogP contribution in [0.25, 0.3) is 0 Å². The largest absolute Gasteiger partial charge is 0.345 e. The molecule has 0 aliphatic heterocycles. The molecule has 2 aromatic carbocycles. The minimum atomic E-state index is -0.140. The number of aromatic nitrogens is 1. The predicted molar refractivity (Wildman–Crippen MR) is 114 cm³/mol. The van der Waals surface area contributed by atoms with Gasteiger partial charge in [-0.2, -0.15) is 0 Å². The van der Waals surface area contributed by atoms with Crippen molar-refractivity contribution in [2.24, 2.45) is 0 Å². The minimum Gasteiger partial charge on any atom is -0.345 e. The topological polar surface area (TPSA) is 37.3 Å². The summed E-state index contributed by atoms with van der Waals surface area (Å²) in [5, 5.41) is 3.90. The molecule has 0 atom stereocenters. The Hall–Kier alpha value is -2.43. The molecular formula is C22H21Cl2N3O. The van der Waals surface area contributed by atoms with Crippen molar-refractivity contribution in [1.29, 1.82) is 0 Å². The Morgan fingerprint density at radius 3 is 2.57 bits per heavy atom. The van der Waals surface area contributed by atoms with E-state index in [2.05, 4.69) is 34.3 Å². The third kappa shape index (κ3) is 4.51. The number of nitrogens with zero attached hydrogens (tertiary/aromatic N) is 2. The molecular weight excluding hydrogens is 393 g/mol. The molecule has 28 heavy (non-hydrogen) atoms. The normalized spacial score (nSPS) is 13.4. The van der Waals surface area contributed by atoms with Crippen LogP contribution in [-0.4, -0.2) is 21.5 Å². The highest BCUT2D eigenvalue weighted by Gasteiger charge is 2.33. The van der Waals surface area contributed by atoms with E-state index in [0.29, 0.717) is 22.3 Å². The Balaban J connectivity index is 1.49. The van der Waals surface area contributed by atoms with Crippen LogP contribution in [0.5, 0.6) is 0 Å². The van der Waals surface area contributed by atoms with Gasteiger partial charge in [0.05, 0.1) is 17.3 Å². The lowest BCUT2D eigenvalue weighted by molar-refractivity contribution is 0.204. The minimum absolute atomic E-state index is 0.140. The van der Waals surface area contributed by atoms with Gasteiger partial charge < -0.3 is 14.8 Å². The van der Waals surface area contributed by atoms with Gasteiger partial charge in [-0.3, -0.25) is 0 Å². The SMILES string of the molecule is O=C(Nc1ccc(Cl)cc1Cl)N(Cc1cccn1Cc1ccccc1)C1CC1. The van der Waals surface area contributed by atoms with E-state index in [1.165, 1.54) is 5.56 Å². The zero-order chi connectivity index (χ0) is 19.5. The van der Waals surface area contributed by atoms with Crippen LogP contribution in [0, 0.1) is 0 Å². The fraction of sp³-hybridized carbons (Fsp3) is 0.227. The summed E-state index contributed by atoms with van der Waals surface area (Å²) in [5.74, 6) is 0. The number of amides is 2. The molecule has 1 aromatic heterocycles. The number of halogens is 2. The van der Waals surface area contributed by atoms with Gasteiger partial charge in [-0.15, -0.1) is 0 Å². The molecule has 4 rings (SSSR count). The summed E-state index contributed by atoms with van der Waals surface area (Å²) in [6.45, 7) is 1.34. The Morgan fingerprint density at radius 2 is 1.86 bits per heavy atom. The summed E-state index contributed by atoms with van der Waals surface area (Å²) in [6, 6.07) is 19.6. The number of urea groups is 1. The van der Waals surface area contributed by atoms with Crippen molar-refractivity contribution in [3.63, 3.8) is 0 Å². The van der Waals surface area contributed by atoms with Crippen LogP contribution in [0.15, 0.2) is 66.9 Å². The zero-order valence-corrected chi connectivity index (χ0v) is 16.8.